The lowest BCUT2D eigenvalue weighted by Crippen LogP contribution is -2.37. The third kappa shape index (κ3) is 3.75. The maximum atomic E-state index is 12.5. The molecule has 3 aliphatic heterocycles. The molecule has 0 unspecified atom stereocenters. The summed E-state index contributed by atoms with van der Waals surface area (Å²) in [6.45, 7) is 7.34. The molecule has 0 aliphatic carbocycles. The van der Waals surface area contributed by atoms with Crippen LogP contribution in [0.4, 0.5) is 0 Å². The van der Waals surface area contributed by atoms with Crippen LogP contribution in [0.2, 0.25) is 0 Å². The molecule has 3 aliphatic rings. The summed E-state index contributed by atoms with van der Waals surface area (Å²) in [7, 11) is 2.10. The number of nitrogens with one attached hydrogen (secondary N) is 1. The number of carbonyl (C=O) groups is 2. The number of ether oxygens (including phenoxy) is 1. The van der Waals surface area contributed by atoms with Crippen LogP contribution in [0.5, 0.6) is 0 Å². The number of rotatable bonds is 5. The first-order chi connectivity index (χ1) is 11.5. The van der Waals surface area contributed by atoms with Crippen molar-refractivity contribution in [2.45, 2.75) is 57.7 Å². The van der Waals surface area contributed by atoms with Gasteiger partial charge in [-0.05, 0) is 39.7 Å². The lowest BCUT2D eigenvalue weighted by Gasteiger charge is -2.25. The smallest absolute Gasteiger partial charge is 0.225 e. The number of amides is 2. The number of hydrogen-bond donors (Lipinski definition) is 1. The molecular formula is C18H31N3O3. The lowest BCUT2D eigenvalue weighted by atomic mass is 9.84. The number of hydrogen-bond acceptors (Lipinski definition) is 4. The van der Waals surface area contributed by atoms with Crippen LogP contribution in [0.25, 0.3) is 0 Å². The monoisotopic (exact) mass is 337 g/mol. The van der Waals surface area contributed by atoms with Crippen molar-refractivity contribution in [1.82, 2.24) is 15.1 Å². The first kappa shape index (κ1) is 17.7. The quantitative estimate of drug-likeness (QED) is 0.808. The van der Waals surface area contributed by atoms with E-state index in [4.69, 9.17) is 4.74 Å². The van der Waals surface area contributed by atoms with Crippen LogP contribution in [-0.4, -0.2) is 73.1 Å². The Labute approximate surface area is 144 Å². The number of likely N-dealkylation sites (tertiary alicyclic amines) is 2. The molecular weight excluding hydrogens is 306 g/mol. The molecule has 0 aromatic heterocycles. The average Bonchev–Trinajstić information content (AvgIpc) is 3.19. The normalized spacial score (nSPS) is 33.2. The molecule has 4 atom stereocenters. The molecule has 0 spiro atoms. The van der Waals surface area contributed by atoms with Gasteiger partial charge in [-0.25, -0.2) is 0 Å². The minimum atomic E-state index is -0.0371. The number of fused-ring (bicyclic) bond motifs is 1. The van der Waals surface area contributed by atoms with E-state index >= 15 is 0 Å². The van der Waals surface area contributed by atoms with Gasteiger partial charge in [-0.3, -0.25) is 9.59 Å². The van der Waals surface area contributed by atoms with Crippen molar-refractivity contribution in [3.63, 3.8) is 0 Å². The van der Waals surface area contributed by atoms with Gasteiger partial charge in [0.15, 0.2) is 0 Å². The molecule has 24 heavy (non-hydrogen) atoms. The maximum Gasteiger partial charge on any atom is 0.225 e. The molecule has 0 aromatic carbocycles. The minimum absolute atomic E-state index is 0.0371. The third-order valence-corrected chi connectivity index (χ3v) is 5.72. The Bertz CT molecular complexity index is 476. The zero-order chi connectivity index (χ0) is 17.3. The van der Waals surface area contributed by atoms with Gasteiger partial charge in [0, 0.05) is 44.1 Å². The molecule has 0 saturated carbocycles. The van der Waals surface area contributed by atoms with Gasteiger partial charge in [-0.2, -0.15) is 0 Å². The van der Waals surface area contributed by atoms with E-state index in [-0.39, 0.29) is 29.9 Å². The van der Waals surface area contributed by atoms with E-state index in [2.05, 4.69) is 17.3 Å². The zero-order valence-corrected chi connectivity index (χ0v) is 15.2. The second kappa shape index (κ2) is 7.40. The molecule has 1 N–H and O–H groups in total. The highest BCUT2D eigenvalue weighted by Gasteiger charge is 2.50. The van der Waals surface area contributed by atoms with Crippen LogP contribution >= 0.6 is 0 Å². The van der Waals surface area contributed by atoms with E-state index in [0.717, 1.165) is 32.5 Å². The Morgan fingerprint density at radius 1 is 1.21 bits per heavy atom. The van der Waals surface area contributed by atoms with Crippen LogP contribution in [-0.2, 0) is 14.3 Å². The van der Waals surface area contributed by atoms with Gasteiger partial charge in [-0.15, -0.1) is 0 Å². The predicted molar refractivity (Wildman–Crippen MR) is 91.5 cm³/mol. The van der Waals surface area contributed by atoms with Crippen LogP contribution in [0.3, 0.4) is 0 Å². The lowest BCUT2D eigenvalue weighted by molar-refractivity contribution is -0.133. The maximum absolute atomic E-state index is 12.5. The van der Waals surface area contributed by atoms with E-state index in [9.17, 15) is 9.59 Å². The Morgan fingerprint density at radius 3 is 2.58 bits per heavy atom. The summed E-state index contributed by atoms with van der Waals surface area (Å²) in [5.74, 6) is 0.899. The molecule has 136 valence electrons. The summed E-state index contributed by atoms with van der Waals surface area (Å²) < 4.78 is 5.99. The molecule has 6 heteroatoms. The molecule has 3 heterocycles. The van der Waals surface area contributed by atoms with Gasteiger partial charge in [0.1, 0.15) is 0 Å². The molecule has 6 nitrogen and oxygen atoms in total. The molecule has 3 rings (SSSR count). The number of nitrogens with zero attached hydrogens (tertiary/aromatic N) is 2. The Kier molecular flexibility index (Phi) is 5.45. The highest BCUT2D eigenvalue weighted by molar-refractivity contribution is 5.77. The summed E-state index contributed by atoms with van der Waals surface area (Å²) in [5, 5.41) is 2.99. The van der Waals surface area contributed by atoms with Gasteiger partial charge in [0.25, 0.3) is 0 Å². The number of carbonyl (C=O) groups excluding carboxylic acids is 2. The Balaban J connectivity index is 1.61. The number of likely N-dealkylation sites (N-methyl/N-ethyl adjacent to an activating group) is 1. The van der Waals surface area contributed by atoms with Crippen molar-refractivity contribution in [1.29, 1.82) is 0 Å². The van der Waals surface area contributed by atoms with Crippen LogP contribution in [0.15, 0.2) is 0 Å². The molecule has 3 saturated heterocycles. The highest BCUT2D eigenvalue weighted by atomic mass is 16.5. The largest absolute Gasteiger partial charge is 0.376 e. The van der Waals surface area contributed by atoms with E-state index in [1.807, 2.05) is 18.7 Å². The van der Waals surface area contributed by atoms with Crippen molar-refractivity contribution in [2.24, 2.45) is 11.8 Å². The van der Waals surface area contributed by atoms with E-state index in [0.29, 0.717) is 31.4 Å². The van der Waals surface area contributed by atoms with E-state index in [1.54, 1.807) is 0 Å². The molecule has 2 amide bonds. The van der Waals surface area contributed by atoms with Crippen LogP contribution < -0.4 is 5.32 Å². The van der Waals surface area contributed by atoms with Crippen molar-refractivity contribution < 1.29 is 14.3 Å². The fourth-order valence-electron chi connectivity index (χ4n) is 4.64. The third-order valence-electron chi connectivity index (χ3n) is 5.72. The van der Waals surface area contributed by atoms with Crippen LogP contribution in [0.1, 0.15) is 39.5 Å². The second-order valence-corrected chi connectivity index (χ2v) is 7.93. The fourth-order valence-corrected chi connectivity index (χ4v) is 4.64. The van der Waals surface area contributed by atoms with E-state index < -0.39 is 0 Å². The minimum Gasteiger partial charge on any atom is -0.376 e. The van der Waals surface area contributed by atoms with Crippen LogP contribution in [0, 0.1) is 11.8 Å². The Morgan fingerprint density at radius 2 is 1.92 bits per heavy atom. The molecule has 0 bridgehead atoms. The summed E-state index contributed by atoms with van der Waals surface area (Å²) >= 11 is 0. The first-order valence-electron chi connectivity index (χ1n) is 9.34. The predicted octanol–water partition coefficient (Wildman–Crippen LogP) is 0.859. The van der Waals surface area contributed by atoms with Gasteiger partial charge >= 0.3 is 0 Å². The summed E-state index contributed by atoms with van der Waals surface area (Å²) in [6, 6.07) is 0.512. The Hall–Kier alpha value is -1.14. The molecule has 3 fully saturated rings. The van der Waals surface area contributed by atoms with E-state index in [1.165, 1.54) is 0 Å². The molecule has 0 radical (unpaired) electrons. The van der Waals surface area contributed by atoms with Crippen molar-refractivity contribution in [3.8, 4) is 0 Å². The SMILES string of the molecule is CC(C)NC(=O)C[C@@H]1CN(C)[C@@H]2CO[C@@H](CC(=O)N3CCCC3)[C@H]12. The van der Waals surface area contributed by atoms with Crippen molar-refractivity contribution >= 4 is 11.8 Å². The van der Waals surface area contributed by atoms with Gasteiger partial charge in [0.05, 0.1) is 19.1 Å². The van der Waals surface area contributed by atoms with Crippen molar-refractivity contribution in [2.75, 3.05) is 33.3 Å². The average molecular weight is 337 g/mol. The fraction of sp³-hybridized carbons (Fsp3) is 0.889. The van der Waals surface area contributed by atoms with Gasteiger partial charge in [0.2, 0.25) is 11.8 Å². The van der Waals surface area contributed by atoms with Crippen molar-refractivity contribution in [3.05, 3.63) is 0 Å². The zero-order valence-electron chi connectivity index (χ0n) is 15.2. The molecule has 0 aromatic rings. The van der Waals surface area contributed by atoms with Gasteiger partial charge < -0.3 is 19.9 Å². The van der Waals surface area contributed by atoms with Gasteiger partial charge in [-0.1, -0.05) is 0 Å². The summed E-state index contributed by atoms with van der Waals surface area (Å²) in [4.78, 5) is 29.0. The standard InChI is InChI=1S/C18H31N3O3/c1-12(2)19-16(22)8-13-10-20(3)14-11-24-15(18(13)14)9-17(23)21-6-4-5-7-21/h12-15,18H,4-11H2,1-3H3,(H,19,22)/t13-,14-,15+,18-/m1/s1. The topological polar surface area (TPSA) is 61.9 Å². The first-order valence-corrected chi connectivity index (χ1v) is 9.34. The second-order valence-electron chi connectivity index (χ2n) is 7.93. The summed E-state index contributed by atoms with van der Waals surface area (Å²) in [6.07, 6.45) is 3.19. The highest BCUT2D eigenvalue weighted by Crippen LogP contribution is 2.41. The summed E-state index contributed by atoms with van der Waals surface area (Å²) in [5.41, 5.74) is 0.